The van der Waals surface area contributed by atoms with Crippen LogP contribution in [0.25, 0.3) is 11.1 Å². The molecule has 0 saturated carbocycles. The molecule has 2 aromatic carbocycles. The molecule has 2 heterocycles. The van der Waals surface area contributed by atoms with E-state index in [0.717, 1.165) is 0 Å². The number of imide groups is 1. The van der Waals surface area contributed by atoms with Crippen LogP contribution < -0.4 is 25.4 Å². The van der Waals surface area contributed by atoms with E-state index >= 15 is 0 Å². The van der Waals surface area contributed by atoms with Gasteiger partial charge < -0.3 is 59.8 Å². The summed E-state index contributed by atoms with van der Waals surface area (Å²) in [7, 11) is 0. The molecule has 0 radical (unpaired) electrons. The van der Waals surface area contributed by atoms with Gasteiger partial charge in [0, 0.05) is 50.9 Å². The first-order chi connectivity index (χ1) is 27.9. The van der Waals surface area contributed by atoms with Gasteiger partial charge in [-0.15, -0.1) is 5.06 Å². The molecule has 0 bridgehead atoms. The van der Waals surface area contributed by atoms with Crippen LogP contribution in [0.15, 0.2) is 42.5 Å². The molecule has 5 atom stereocenters. The van der Waals surface area contributed by atoms with Gasteiger partial charge in [0.25, 0.3) is 23.6 Å². The number of aliphatic hydroxyl groups excluding tert-OH is 3. The third-order valence-corrected chi connectivity index (χ3v) is 8.65. The molecule has 316 valence electrons. The molecule has 0 aromatic heterocycles. The van der Waals surface area contributed by atoms with Gasteiger partial charge >= 0.3 is 5.97 Å². The number of carbonyl (C=O) groups excluding carboxylic acids is 7. The SMILES string of the molecule is C[C@@H]1O[C@@H](OCCOCCNC(=O)COc2cc(C(=O)NCCNC(=O)CCCC(=O)ON3C(=O)CCC3=O)cc(-c3ccc(OCC=O)cc3)c2)[C@H](O)[C@H](O)[C@H]1O. The molecule has 2 aromatic rings. The van der Waals surface area contributed by atoms with E-state index in [1.54, 1.807) is 36.4 Å². The van der Waals surface area contributed by atoms with E-state index in [4.69, 9.17) is 28.5 Å². The van der Waals surface area contributed by atoms with Crippen molar-refractivity contribution in [3.63, 3.8) is 0 Å². The number of rotatable bonds is 23. The van der Waals surface area contributed by atoms with Crippen LogP contribution in [0.3, 0.4) is 0 Å². The van der Waals surface area contributed by atoms with E-state index in [-0.39, 0.29) is 89.5 Å². The minimum Gasteiger partial charge on any atom is -0.486 e. The number of amides is 5. The Morgan fingerprint density at radius 1 is 0.793 bits per heavy atom. The maximum atomic E-state index is 13.2. The second kappa shape index (κ2) is 23.0. The number of nitrogens with zero attached hydrogens (tertiary/aromatic N) is 1. The number of carbonyl (C=O) groups is 7. The van der Waals surface area contributed by atoms with Gasteiger partial charge in [0.1, 0.15) is 36.4 Å². The van der Waals surface area contributed by atoms with Crippen molar-refractivity contribution < 1.29 is 77.4 Å². The van der Waals surface area contributed by atoms with Crippen molar-refractivity contribution in [3.05, 3.63) is 48.0 Å². The van der Waals surface area contributed by atoms with Crippen LogP contribution in [0.5, 0.6) is 11.5 Å². The van der Waals surface area contributed by atoms with Gasteiger partial charge in [-0.25, -0.2) is 4.79 Å². The molecule has 5 amide bonds. The molecule has 2 saturated heterocycles. The van der Waals surface area contributed by atoms with Gasteiger partial charge in [0.15, 0.2) is 19.2 Å². The Hall–Kier alpha value is -5.51. The quantitative estimate of drug-likeness (QED) is 0.0442. The van der Waals surface area contributed by atoms with E-state index < -0.39 is 72.8 Å². The largest absolute Gasteiger partial charge is 0.486 e. The zero-order chi connectivity index (χ0) is 42.0. The summed E-state index contributed by atoms with van der Waals surface area (Å²) in [5.41, 5.74) is 1.43. The number of aliphatic hydroxyl groups is 3. The van der Waals surface area contributed by atoms with E-state index in [0.29, 0.717) is 28.2 Å². The zero-order valence-corrected chi connectivity index (χ0v) is 31.8. The van der Waals surface area contributed by atoms with Crippen molar-refractivity contribution in [2.75, 3.05) is 52.7 Å². The van der Waals surface area contributed by atoms with Gasteiger partial charge in [-0.2, -0.15) is 0 Å². The maximum Gasteiger partial charge on any atom is 0.333 e. The van der Waals surface area contributed by atoms with Crippen LogP contribution in [0.4, 0.5) is 0 Å². The highest BCUT2D eigenvalue weighted by molar-refractivity contribution is 6.01. The fourth-order valence-corrected chi connectivity index (χ4v) is 5.56. The van der Waals surface area contributed by atoms with Crippen molar-refractivity contribution in [2.24, 2.45) is 0 Å². The molecule has 6 N–H and O–H groups in total. The van der Waals surface area contributed by atoms with Crippen LogP contribution in [-0.2, 0) is 47.8 Å². The lowest BCUT2D eigenvalue weighted by atomic mass is 10.0. The second-order valence-electron chi connectivity index (χ2n) is 13.1. The lowest BCUT2D eigenvalue weighted by Crippen LogP contribution is -2.57. The first-order valence-corrected chi connectivity index (χ1v) is 18.6. The molecule has 0 spiro atoms. The normalized spacial score (nSPS) is 20.3. The molecule has 0 unspecified atom stereocenters. The van der Waals surface area contributed by atoms with Crippen LogP contribution in [0.1, 0.15) is 49.4 Å². The summed E-state index contributed by atoms with van der Waals surface area (Å²) in [6.45, 7) is 1.50. The molecule has 58 heavy (non-hydrogen) atoms. The van der Waals surface area contributed by atoms with Crippen molar-refractivity contribution in [1.29, 1.82) is 0 Å². The Kier molecular flexibility index (Phi) is 17.9. The second-order valence-corrected chi connectivity index (χ2v) is 13.1. The van der Waals surface area contributed by atoms with Crippen molar-refractivity contribution in [2.45, 2.75) is 69.7 Å². The molecule has 20 heteroatoms. The average molecular weight is 817 g/mol. The predicted octanol–water partition coefficient (Wildman–Crippen LogP) is -1.09. The van der Waals surface area contributed by atoms with Gasteiger partial charge in [0.05, 0.1) is 25.9 Å². The molecule has 0 aliphatic carbocycles. The van der Waals surface area contributed by atoms with Crippen LogP contribution in [0, 0.1) is 0 Å². The van der Waals surface area contributed by atoms with Gasteiger partial charge in [-0.3, -0.25) is 28.8 Å². The molecule has 4 rings (SSSR count). The van der Waals surface area contributed by atoms with E-state index in [1.165, 1.54) is 13.0 Å². The number of ether oxygens (including phenoxy) is 5. The third kappa shape index (κ3) is 14.1. The smallest absolute Gasteiger partial charge is 0.333 e. The predicted molar refractivity (Wildman–Crippen MR) is 197 cm³/mol. The lowest BCUT2D eigenvalue weighted by molar-refractivity contribution is -0.294. The highest BCUT2D eigenvalue weighted by atomic mass is 16.7. The number of aldehydes is 1. The summed E-state index contributed by atoms with van der Waals surface area (Å²) in [6.07, 6.45) is -5.50. The topological polar surface area (TPSA) is 275 Å². The fraction of sp³-hybridized carbons (Fsp3) is 0.500. The number of nitrogens with one attached hydrogen (secondary N) is 3. The van der Waals surface area contributed by atoms with E-state index in [2.05, 4.69) is 16.0 Å². The zero-order valence-electron chi connectivity index (χ0n) is 31.8. The first kappa shape index (κ1) is 45.2. The highest BCUT2D eigenvalue weighted by Crippen LogP contribution is 2.28. The molecule has 2 aliphatic rings. The monoisotopic (exact) mass is 816 g/mol. The molecular formula is C38H48N4O16. The minimum absolute atomic E-state index is 0.0131. The highest BCUT2D eigenvalue weighted by Gasteiger charge is 2.42. The third-order valence-electron chi connectivity index (χ3n) is 8.65. The lowest BCUT2D eigenvalue weighted by Gasteiger charge is -2.38. The molecule has 20 nitrogen and oxygen atoms in total. The maximum absolute atomic E-state index is 13.2. The number of hydrogen-bond donors (Lipinski definition) is 6. The van der Waals surface area contributed by atoms with Crippen LogP contribution in [-0.4, -0.2) is 146 Å². The summed E-state index contributed by atoms with van der Waals surface area (Å²) < 4.78 is 27.2. The van der Waals surface area contributed by atoms with E-state index in [9.17, 15) is 48.9 Å². The molecule has 2 fully saturated rings. The number of benzene rings is 2. The van der Waals surface area contributed by atoms with Crippen LogP contribution >= 0.6 is 0 Å². The number of hydroxylamine groups is 2. The fourth-order valence-electron chi connectivity index (χ4n) is 5.56. The average Bonchev–Trinajstić information content (AvgIpc) is 3.53. The van der Waals surface area contributed by atoms with Crippen molar-refractivity contribution in [1.82, 2.24) is 21.0 Å². The minimum atomic E-state index is -1.43. The van der Waals surface area contributed by atoms with Gasteiger partial charge in [0.2, 0.25) is 5.91 Å². The molecular weight excluding hydrogens is 768 g/mol. The Bertz CT molecular complexity index is 1720. The Morgan fingerprint density at radius 2 is 1.50 bits per heavy atom. The van der Waals surface area contributed by atoms with Gasteiger partial charge in [-0.05, 0) is 54.8 Å². The summed E-state index contributed by atoms with van der Waals surface area (Å²) in [5, 5.41) is 38.1. The van der Waals surface area contributed by atoms with Crippen LogP contribution in [0.2, 0.25) is 0 Å². The summed E-state index contributed by atoms with van der Waals surface area (Å²) in [5.74, 6) is -2.70. The van der Waals surface area contributed by atoms with Gasteiger partial charge in [-0.1, -0.05) is 12.1 Å². The van der Waals surface area contributed by atoms with E-state index in [1.807, 2.05) is 0 Å². The summed E-state index contributed by atoms with van der Waals surface area (Å²) in [6, 6.07) is 11.4. The summed E-state index contributed by atoms with van der Waals surface area (Å²) in [4.78, 5) is 88.5. The van der Waals surface area contributed by atoms with Crippen molar-refractivity contribution in [3.8, 4) is 22.6 Å². The Morgan fingerprint density at radius 3 is 2.22 bits per heavy atom. The standard InChI is InChI=1S/C38H48N4O16/c1-23-34(49)35(50)36(51)38(57-23)55-18-17-53-15-13-40-30(45)22-56-28-20-25(24-5-7-27(8-6-24)54-16-14-43)19-26(21-28)37(52)41-12-11-39-29(44)3-2-4-33(48)58-42-31(46)9-10-32(42)47/h5-8,14,19-21,23,34-36,38,49-51H,2-4,9-13,15-18,22H2,1H3,(H,39,44)(H,40,45)(H,41,52)/t23-,34-,35+,36+,38+/m0/s1. The molecule has 2 aliphatic heterocycles. The Labute approximate surface area is 333 Å². The van der Waals surface area contributed by atoms with Crippen molar-refractivity contribution >= 4 is 41.8 Å². The number of hydrogen-bond acceptors (Lipinski definition) is 16. The summed E-state index contributed by atoms with van der Waals surface area (Å²) >= 11 is 0. The Balaban J connectivity index is 1.21. The first-order valence-electron chi connectivity index (χ1n) is 18.6.